The minimum absolute atomic E-state index is 0.444. The second-order valence-electron chi connectivity index (χ2n) is 3.30. The fraction of sp³-hybridized carbons (Fsp3) is 0.333. The molecule has 0 aliphatic rings. The number of hydrogen-bond donors (Lipinski definition) is 1. The third-order valence-corrected chi connectivity index (χ3v) is 2.59. The first-order valence-electron chi connectivity index (χ1n) is 5.09. The van der Waals surface area contributed by atoms with Crippen LogP contribution < -0.4 is 10.1 Å². The number of nitrogens with one attached hydrogen (secondary N) is 1. The number of rotatable bonds is 6. The summed E-state index contributed by atoms with van der Waals surface area (Å²) in [4.78, 5) is 0. The highest BCUT2D eigenvalue weighted by Crippen LogP contribution is 2.26. The molecule has 0 aliphatic heterocycles. The number of hydrogen-bond acceptors (Lipinski definition) is 2. The van der Waals surface area contributed by atoms with Crippen LogP contribution in [0.15, 0.2) is 29.3 Å². The Morgan fingerprint density at radius 3 is 2.94 bits per heavy atom. The van der Waals surface area contributed by atoms with E-state index in [1.807, 2.05) is 18.2 Å². The maximum absolute atomic E-state index is 6.13. The largest absolute Gasteiger partial charge is 0.488 e. The Hall–Kier alpha value is -0.510. The number of benzene rings is 1. The summed E-state index contributed by atoms with van der Waals surface area (Å²) in [5, 5.41) is 3.96. The predicted molar refractivity (Wildman–Crippen MR) is 72.4 cm³/mol. The van der Waals surface area contributed by atoms with Crippen molar-refractivity contribution in [3.63, 3.8) is 0 Å². The van der Waals surface area contributed by atoms with E-state index in [0.29, 0.717) is 13.2 Å². The van der Waals surface area contributed by atoms with E-state index >= 15 is 0 Å². The van der Waals surface area contributed by atoms with Crippen LogP contribution >= 0.6 is 27.5 Å². The fourth-order valence-electron chi connectivity index (χ4n) is 1.25. The summed E-state index contributed by atoms with van der Waals surface area (Å²) in [6, 6.07) is 5.66. The van der Waals surface area contributed by atoms with Crippen molar-refractivity contribution in [2.75, 3.05) is 13.2 Å². The number of ether oxygens (including phenoxy) is 1. The normalized spacial score (nSPS) is 10.2. The predicted octanol–water partition coefficient (Wildman–Crippen LogP) is 3.74. The molecule has 0 saturated carbocycles. The first kappa shape index (κ1) is 13.6. The van der Waals surface area contributed by atoms with Gasteiger partial charge in [0, 0.05) is 21.6 Å². The summed E-state index contributed by atoms with van der Waals surface area (Å²) < 4.78 is 6.41. The van der Waals surface area contributed by atoms with Crippen LogP contribution in [-0.2, 0) is 6.54 Å². The molecule has 0 saturated heterocycles. The summed E-state index contributed by atoms with van der Waals surface area (Å²) in [6.45, 7) is 7.83. The third kappa shape index (κ3) is 4.16. The molecule has 0 heterocycles. The maximum Gasteiger partial charge on any atom is 0.125 e. The van der Waals surface area contributed by atoms with Crippen molar-refractivity contribution in [1.82, 2.24) is 5.32 Å². The highest BCUT2D eigenvalue weighted by atomic mass is 79.9. The second-order valence-corrected chi connectivity index (χ2v) is 4.83. The van der Waals surface area contributed by atoms with E-state index in [1.54, 1.807) is 0 Å². The third-order valence-electron chi connectivity index (χ3n) is 2.01. The Morgan fingerprint density at radius 2 is 2.31 bits per heavy atom. The highest BCUT2D eigenvalue weighted by Gasteiger charge is 2.07. The van der Waals surface area contributed by atoms with Gasteiger partial charge in [-0.2, -0.15) is 0 Å². The Bertz CT molecular complexity index is 368. The van der Waals surface area contributed by atoms with Crippen molar-refractivity contribution in [2.24, 2.45) is 0 Å². The SMILES string of the molecule is C=C(Br)COc1cccc(Cl)c1CNCC. The monoisotopic (exact) mass is 303 g/mol. The van der Waals surface area contributed by atoms with E-state index in [2.05, 4.69) is 34.7 Å². The standard InChI is InChI=1S/C12H15BrClNO/c1-3-15-7-10-11(14)5-4-6-12(10)16-8-9(2)13/h4-6,15H,2-3,7-8H2,1H3. The molecule has 0 atom stereocenters. The molecule has 0 aliphatic carbocycles. The lowest BCUT2D eigenvalue weighted by molar-refractivity contribution is 0.356. The summed E-state index contributed by atoms with van der Waals surface area (Å²) in [5.41, 5.74) is 0.986. The van der Waals surface area contributed by atoms with E-state index in [-0.39, 0.29) is 0 Å². The molecule has 0 radical (unpaired) electrons. The van der Waals surface area contributed by atoms with Gasteiger partial charge in [0.15, 0.2) is 0 Å². The molecule has 1 N–H and O–H groups in total. The summed E-state index contributed by atoms with van der Waals surface area (Å²) in [6.07, 6.45) is 0. The quantitative estimate of drug-likeness (QED) is 0.864. The molecule has 1 aromatic rings. The molecule has 1 aromatic carbocycles. The summed E-state index contributed by atoms with van der Waals surface area (Å²) in [7, 11) is 0. The average molecular weight is 305 g/mol. The first-order chi connectivity index (χ1) is 7.65. The van der Waals surface area contributed by atoms with Crippen molar-refractivity contribution in [2.45, 2.75) is 13.5 Å². The minimum Gasteiger partial charge on any atom is -0.488 e. The van der Waals surface area contributed by atoms with Gasteiger partial charge in [-0.15, -0.1) is 0 Å². The zero-order valence-corrected chi connectivity index (χ0v) is 11.6. The molecule has 0 fully saturated rings. The van der Waals surface area contributed by atoms with Crippen LogP contribution in [0, 0.1) is 0 Å². The van der Waals surface area contributed by atoms with Crippen molar-refractivity contribution in [1.29, 1.82) is 0 Å². The average Bonchev–Trinajstić information content (AvgIpc) is 2.25. The van der Waals surface area contributed by atoms with Crippen LogP contribution in [0.2, 0.25) is 5.02 Å². The van der Waals surface area contributed by atoms with Gasteiger partial charge in [-0.3, -0.25) is 0 Å². The van der Waals surface area contributed by atoms with Crippen LogP contribution in [0.3, 0.4) is 0 Å². The molecule has 1 rings (SSSR count). The van der Waals surface area contributed by atoms with E-state index in [4.69, 9.17) is 16.3 Å². The van der Waals surface area contributed by atoms with E-state index in [1.165, 1.54) is 0 Å². The lowest BCUT2D eigenvalue weighted by atomic mass is 10.2. The molecule has 0 spiro atoms. The van der Waals surface area contributed by atoms with Gasteiger partial charge < -0.3 is 10.1 Å². The van der Waals surface area contributed by atoms with Crippen LogP contribution in [0.1, 0.15) is 12.5 Å². The van der Waals surface area contributed by atoms with Crippen LogP contribution in [-0.4, -0.2) is 13.2 Å². The Kier molecular flexibility index (Phi) is 5.88. The van der Waals surface area contributed by atoms with Gasteiger partial charge >= 0.3 is 0 Å². The van der Waals surface area contributed by atoms with Gasteiger partial charge in [0.2, 0.25) is 0 Å². The van der Waals surface area contributed by atoms with Gasteiger partial charge in [-0.25, -0.2) is 0 Å². The molecular weight excluding hydrogens is 289 g/mol. The van der Waals surface area contributed by atoms with E-state index < -0.39 is 0 Å². The smallest absolute Gasteiger partial charge is 0.125 e. The molecule has 16 heavy (non-hydrogen) atoms. The topological polar surface area (TPSA) is 21.3 Å². The first-order valence-corrected chi connectivity index (χ1v) is 6.26. The van der Waals surface area contributed by atoms with Crippen molar-refractivity contribution < 1.29 is 4.74 Å². The van der Waals surface area contributed by atoms with Crippen LogP contribution in [0.25, 0.3) is 0 Å². The van der Waals surface area contributed by atoms with Crippen LogP contribution in [0.5, 0.6) is 5.75 Å². The molecule has 0 unspecified atom stereocenters. The van der Waals surface area contributed by atoms with Gasteiger partial charge in [0.25, 0.3) is 0 Å². The lowest BCUT2D eigenvalue weighted by Gasteiger charge is -2.12. The van der Waals surface area contributed by atoms with E-state index in [0.717, 1.165) is 27.4 Å². The fourth-order valence-corrected chi connectivity index (χ4v) is 1.60. The zero-order valence-electron chi connectivity index (χ0n) is 9.22. The molecular formula is C12H15BrClNO. The van der Waals surface area contributed by atoms with Gasteiger partial charge in [-0.05, 0) is 18.7 Å². The van der Waals surface area contributed by atoms with Gasteiger partial charge in [0.05, 0.1) is 0 Å². The maximum atomic E-state index is 6.13. The highest BCUT2D eigenvalue weighted by molar-refractivity contribution is 9.11. The van der Waals surface area contributed by atoms with Gasteiger partial charge in [-0.1, -0.05) is 47.1 Å². The summed E-state index contributed by atoms with van der Waals surface area (Å²) in [5.74, 6) is 0.800. The Balaban J connectivity index is 2.80. The van der Waals surface area contributed by atoms with Crippen LogP contribution in [0.4, 0.5) is 0 Å². The van der Waals surface area contributed by atoms with Crippen molar-refractivity contribution >= 4 is 27.5 Å². The summed E-state index contributed by atoms with van der Waals surface area (Å²) >= 11 is 9.39. The Morgan fingerprint density at radius 1 is 1.56 bits per heavy atom. The second kappa shape index (κ2) is 6.94. The Labute approximate surface area is 110 Å². The molecule has 88 valence electrons. The lowest BCUT2D eigenvalue weighted by Crippen LogP contribution is -2.13. The number of halogens is 2. The molecule has 2 nitrogen and oxygen atoms in total. The molecule has 0 bridgehead atoms. The minimum atomic E-state index is 0.444. The molecule has 4 heteroatoms. The zero-order chi connectivity index (χ0) is 12.0. The van der Waals surface area contributed by atoms with E-state index in [9.17, 15) is 0 Å². The molecule has 0 aromatic heterocycles. The van der Waals surface area contributed by atoms with Gasteiger partial charge in [0.1, 0.15) is 12.4 Å². The van der Waals surface area contributed by atoms with Crippen molar-refractivity contribution in [3.8, 4) is 5.75 Å². The molecule has 0 amide bonds. The van der Waals surface area contributed by atoms with Crippen molar-refractivity contribution in [3.05, 3.63) is 39.8 Å².